The molecule has 1 spiro atoms. The molecule has 7 nitrogen and oxygen atoms in total. The van der Waals surface area contributed by atoms with Gasteiger partial charge in [-0.2, -0.15) is 4.39 Å². The number of hydrogen-bond acceptors (Lipinski definition) is 7. The van der Waals surface area contributed by atoms with Crippen LogP contribution < -0.4 is 10.5 Å². The van der Waals surface area contributed by atoms with Crippen molar-refractivity contribution in [2.75, 3.05) is 6.61 Å². The summed E-state index contributed by atoms with van der Waals surface area (Å²) < 4.78 is 39.2. The Kier molecular flexibility index (Phi) is 4.51. The molecule has 34 heavy (non-hydrogen) atoms. The van der Waals surface area contributed by atoms with Crippen molar-refractivity contribution in [1.29, 1.82) is 0 Å². The maximum atomic E-state index is 13.8. The van der Waals surface area contributed by atoms with Crippen LogP contribution in [0.25, 0.3) is 22.4 Å². The quantitative estimate of drug-likeness (QED) is 0.443. The SMILES string of the molecule is NC1=NC2(CCO1)c1cc(-c3cncc(F)c3)ccc1Oc1cnc(-c3ccnc(F)c3)cc12. The van der Waals surface area contributed by atoms with Crippen molar-refractivity contribution in [2.45, 2.75) is 12.0 Å². The Morgan fingerprint density at radius 1 is 0.853 bits per heavy atom. The van der Waals surface area contributed by atoms with Crippen molar-refractivity contribution in [3.05, 3.63) is 90.1 Å². The fraction of sp³-hybridized carbons (Fsp3) is 0.120. The van der Waals surface area contributed by atoms with E-state index >= 15 is 0 Å². The lowest BCUT2D eigenvalue weighted by Gasteiger charge is -2.39. The molecule has 1 atom stereocenters. The molecule has 1 unspecified atom stereocenters. The predicted molar refractivity (Wildman–Crippen MR) is 120 cm³/mol. The van der Waals surface area contributed by atoms with Gasteiger partial charge in [0.15, 0.2) is 5.75 Å². The van der Waals surface area contributed by atoms with E-state index in [0.29, 0.717) is 41.3 Å². The van der Waals surface area contributed by atoms with Gasteiger partial charge >= 0.3 is 0 Å². The molecule has 0 bridgehead atoms. The number of benzene rings is 1. The highest BCUT2D eigenvalue weighted by Crippen LogP contribution is 2.53. The molecular weight excluding hydrogens is 440 g/mol. The molecule has 4 aromatic rings. The minimum atomic E-state index is -0.925. The van der Waals surface area contributed by atoms with Crippen LogP contribution >= 0.6 is 0 Å². The Bertz CT molecular complexity index is 1380. The van der Waals surface area contributed by atoms with Gasteiger partial charge in [-0.25, -0.2) is 14.4 Å². The third kappa shape index (κ3) is 3.24. The topological polar surface area (TPSA) is 95.5 Å². The van der Waals surface area contributed by atoms with E-state index in [4.69, 9.17) is 20.2 Å². The summed E-state index contributed by atoms with van der Waals surface area (Å²) in [5.41, 5.74) is 9.08. The molecule has 5 heterocycles. The summed E-state index contributed by atoms with van der Waals surface area (Å²) in [4.78, 5) is 16.8. The molecular formula is C25H17F2N5O2. The number of aliphatic imine (C=N–C) groups is 1. The largest absolute Gasteiger partial charge is 0.465 e. The summed E-state index contributed by atoms with van der Waals surface area (Å²) >= 11 is 0. The van der Waals surface area contributed by atoms with Crippen LogP contribution in [0.3, 0.4) is 0 Å². The zero-order chi connectivity index (χ0) is 23.3. The van der Waals surface area contributed by atoms with Crippen molar-refractivity contribution in [3.8, 4) is 33.9 Å². The van der Waals surface area contributed by atoms with Gasteiger partial charge in [-0.1, -0.05) is 6.07 Å². The molecule has 0 amide bonds. The molecule has 0 aliphatic carbocycles. The fourth-order valence-electron chi connectivity index (χ4n) is 4.49. The fourth-order valence-corrected chi connectivity index (χ4v) is 4.49. The minimum absolute atomic E-state index is 0.0520. The highest BCUT2D eigenvalue weighted by atomic mass is 19.1. The molecule has 2 N–H and O–H groups in total. The van der Waals surface area contributed by atoms with Crippen LogP contribution in [-0.4, -0.2) is 27.6 Å². The van der Waals surface area contributed by atoms with Crippen LogP contribution in [0.5, 0.6) is 11.5 Å². The molecule has 9 heteroatoms. The number of nitrogens with two attached hydrogens (primary N) is 1. The first-order valence-corrected chi connectivity index (χ1v) is 10.6. The molecule has 0 fully saturated rings. The lowest BCUT2D eigenvalue weighted by atomic mass is 9.77. The van der Waals surface area contributed by atoms with Crippen LogP contribution in [0.4, 0.5) is 8.78 Å². The lowest BCUT2D eigenvalue weighted by molar-refractivity contribution is 0.219. The van der Waals surface area contributed by atoms with E-state index in [9.17, 15) is 8.78 Å². The van der Waals surface area contributed by atoms with E-state index < -0.39 is 17.3 Å². The van der Waals surface area contributed by atoms with Crippen LogP contribution in [0.1, 0.15) is 17.5 Å². The number of aromatic nitrogens is 3. The number of amidine groups is 1. The summed E-state index contributed by atoms with van der Waals surface area (Å²) in [5.74, 6) is 0.0723. The third-order valence-corrected chi connectivity index (χ3v) is 6.03. The zero-order valence-corrected chi connectivity index (χ0v) is 17.7. The van der Waals surface area contributed by atoms with E-state index in [0.717, 1.165) is 22.9 Å². The maximum absolute atomic E-state index is 13.8. The van der Waals surface area contributed by atoms with Crippen LogP contribution in [-0.2, 0) is 10.3 Å². The Balaban J connectivity index is 1.57. The summed E-state index contributed by atoms with van der Waals surface area (Å²) in [6, 6.07) is 11.8. The van der Waals surface area contributed by atoms with Gasteiger partial charge in [0.1, 0.15) is 17.1 Å². The summed E-state index contributed by atoms with van der Waals surface area (Å²) in [6.07, 6.45) is 6.21. The van der Waals surface area contributed by atoms with Gasteiger partial charge in [0.2, 0.25) is 5.95 Å². The van der Waals surface area contributed by atoms with E-state index in [2.05, 4.69) is 15.0 Å². The number of rotatable bonds is 2. The second-order valence-corrected chi connectivity index (χ2v) is 8.05. The van der Waals surface area contributed by atoms with Gasteiger partial charge in [-0.15, -0.1) is 0 Å². The van der Waals surface area contributed by atoms with Gasteiger partial charge in [0, 0.05) is 47.1 Å². The standard InChI is InChI=1S/C25H17F2N5O2/c26-17-7-16(11-29-12-17)14-1-2-21-18(8-14)25(4-6-33-24(28)32-25)19-10-20(31-13-22(19)34-21)15-3-5-30-23(27)9-15/h1-3,5,7-13H,4,6H2,(H2,28,32). The van der Waals surface area contributed by atoms with Crippen molar-refractivity contribution in [3.63, 3.8) is 0 Å². The highest BCUT2D eigenvalue weighted by Gasteiger charge is 2.45. The summed E-state index contributed by atoms with van der Waals surface area (Å²) in [7, 11) is 0. The molecule has 168 valence electrons. The van der Waals surface area contributed by atoms with Gasteiger partial charge in [-0.3, -0.25) is 9.97 Å². The third-order valence-electron chi connectivity index (χ3n) is 6.03. The van der Waals surface area contributed by atoms with Crippen molar-refractivity contribution in [1.82, 2.24) is 15.0 Å². The average molecular weight is 457 g/mol. The first-order valence-electron chi connectivity index (χ1n) is 10.6. The Hall–Kier alpha value is -4.40. The van der Waals surface area contributed by atoms with E-state index in [-0.39, 0.29) is 6.02 Å². The lowest BCUT2D eigenvalue weighted by Crippen LogP contribution is -2.38. The monoisotopic (exact) mass is 457 g/mol. The molecule has 0 radical (unpaired) electrons. The first kappa shape index (κ1) is 20.2. The molecule has 0 saturated carbocycles. The van der Waals surface area contributed by atoms with Crippen LogP contribution in [0.2, 0.25) is 0 Å². The minimum Gasteiger partial charge on any atom is -0.465 e. The first-order chi connectivity index (χ1) is 16.5. The van der Waals surface area contributed by atoms with Crippen LogP contribution in [0.15, 0.2) is 72.2 Å². The number of ether oxygens (including phenoxy) is 2. The predicted octanol–water partition coefficient (Wildman–Crippen LogP) is 4.57. The van der Waals surface area contributed by atoms with E-state index in [1.165, 1.54) is 18.3 Å². The molecule has 6 rings (SSSR count). The second kappa shape index (κ2) is 7.58. The molecule has 2 aliphatic heterocycles. The van der Waals surface area contributed by atoms with Crippen LogP contribution in [0, 0.1) is 11.8 Å². The Labute approximate surface area is 193 Å². The summed E-state index contributed by atoms with van der Waals surface area (Å²) in [6.45, 7) is 0.335. The molecule has 1 aromatic carbocycles. The van der Waals surface area contributed by atoms with Gasteiger partial charge in [-0.05, 0) is 35.9 Å². The highest BCUT2D eigenvalue weighted by molar-refractivity contribution is 5.76. The van der Waals surface area contributed by atoms with Gasteiger partial charge in [0.25, 0.3) is 6.02 Å². The number of pyridine rings is 3. The van der Waals surface area contributed by atoms with E-state index in [1.54, 1.807) is 18.5 Å². The van der Waals surface area contributed by atoms with E-state index in [1.807, 2.05) is 24.3 Å². The average Bonchev–Trinajstić information content (AvgIpc) is 2.84. The number of halogens is 2. The second-order valence-electron chi connectivity index (χ2n) is 8.05. The number of fused-ring (bicyclic) bond motifs is 4. The molecule has 3 aromatic heterocycles. The van der Waals surface area contributed by atoms with Gasteiger partial charge < -0.3 is 15.2 Å². The number of nitrogens with zero attached hydrogens (tertiary/aromatic N) is 4. The smallest absolute Gasteiger partial charge is 0.283 e. The van der Waals surface area contributed by atoms with Crippen molar-refractivity contribution >= 4 is 6.02 Å². The Morgan fingerprint density at radius 2 is 1.74 bits per heavy atom. The molecule has 0 saturated heterocycles. The van der Waals surface area contributed by atoms with Crippen molar-refractivity contribution < 1.29 is 18.3 Å². The summed E-state index contributed by atoms with van der Waals surface area (Å²) in [5, 5.41) is 0. The van der Waals surface area contributed by atoms with Crippen molar-refractivity contribution in [2.24, 2.45) is 10.7 Å². The normalized spacial score (nSPS) is 18.4. The molecule has 2 aliphatic rings. The number of hydrogen-bond donors (Lipinski definition) is 1. The zero-order valence-electron chi connectivity index (χ0n) is 17.7. The maximum Gasteiger partial charge on any atom is 0.283 e. The Morgan fingerprint density at radius 3 is 2.56 bits per heavy atom. The van der Waals surface area contributed by atoms with Gasteiger partial charge in [0.05, 0.1) is 24.7 Å².